The Bertz CT molecular complexity index is 895. The Hall–Kier alpha value is -1.74. The lowest BCUT2D eigenvalue weighted by Crippen LogP contribution is -2.25. The van der Waals surface area contributed by atoms with E-state index < -0.39 is 0 Å². The Morgan fingerprint density at radius 2 is 2.19 bits per heavy atom. The van der Waals surface area contributed by atoms with Gasteiger partial charge in [-0.25, -0.2) is 4.98 Å². The summed E-state index contributed by atoms with van der Waals surface area (Å²) in [4.78, 5) is 17.3. The molecular formula is C19H17Cl2N3OS. The second-order valence-electron chi connectivity index (χ2n) is 6.04. The summed E-state index contributed by atoms with van der Waals surface area (Å²) in [5, 5.41) is 13.4. The average molecular weight is 406 g/mol. The summed E-state index contributed by atoms with van der Waals surface area (Å²) in [6.45, 7) is 1.93. The van der Waals surface area contributed by atoms with Crippen LogP contribution in [-0.4, -0.2) is 16.1 Å². The van der Waals surface area contributed by atoms with Crippen LogP contribution in [0.1, 0.15) is 36.6 Å². The summed E-state index contributed by atoms with van der Waals surface area (Å²) in [6, 6.07) is 9.06. The molecule has 1 amide bonds. The van der Waals surface area contributed by atoms with Gasteiger partial charge < -0.3 is 5.32 Å². The van der Waals surface area contributed by atoms with Crippen LogP contribution in [-0.2, 0) is 17.6 Å². The molecule has 134 valence electrons. The molecule has 0 bridgehead atoms. The standard InChI is InChI=1S/C19H17Cl2N3OS/c1-2-17(18(25)23-16-7-6-13(20)9-14(16)21)26-19-12(10-22)8-11-4-3-5-15(11)24-19/h6-9,17H,2-5H2,1H3,(H,23,25). The number of nitrogens with one attached hydrogen (secondary N) is 1. The Labute approximate surface area is 166 Å². The van der Waals surface area contributed by atoms with Gasteiger partial charge in [-0.3, -0.25) is 4.79 Å². The number of carbonyl (C=O) groups is 1. The number of carbonyl (C=O) groups excluding carboxylic acids is 1. The number of hydrogen-bond acceptors (Lipinski definition) is 4. The largest absolute Gasteiger partial charge is 0.324 e. The first kappa shape index (κ1) is 19.0. The fraction of sp³-hybridized carbons (Fsp3) is 0.316. The average Bonchev–Trinajstić information content (AvgIpc) is 3.08. The number of amides is 1. The molecule has 0 spiro atoms. The van der Waals surface area contributed by atoms with Crippen LogP contribution in [0.25, 0.3) is 0 Å². The first-order valence-corrected chi connectivity index (χ1v) is 10.0. The molecule has 2 aromatic rings. The van der Waals surface area contributed by atoms with Crippen molar-refractivity contribution >= 4 is 46.6 Å². The molecule has 1 aromatic heterocycles. The van der Waals surface area contributed by atoms with Crippen LogP contribution in [0.2, 0.25) is 10.0 Å². The van der Waals surface area contributed by atoms with Crippen LogP contribution in [0.3, 0.4) is 0 Å². The third kappa shape index (κ3) is 4.15. The zero-order valence-corrected chi connectivity index (χ0v) is 16.5. The van der Waals surface area contributed by atoms with E-state index in [1.807, 2.05) is 13.0 Å². The summed E-state index contributed by atoms with van der Waals surface area (Å²) in [5.41, 5.74) is 3.24. The molecule has 1 aliphatic rings. The van der Waals surface area contributed by atoms with E-state index in [2.05, 4.69) is 16.4 Å². The molecule has 0 saturated heterocycles. The van der Waals surface area contributed by atoms with Crippen LogP contribution < -0.4 is 5.32 Å². The van der Waals surface area contributed by atoms with E-state index >= 15 is 0 Å². The first-order chi connectivity index (χ1) is 12.5. The molecule has 1 aromatic carbocycles. The lowest BCUT2D eigenvalue weighted by molar-refractivity contribution is -0.115. The summed E-state index contributed by atoms with van der Waals surface area (Å²) < 4.78 is 0. The van der Waals surface area contributed by atoms with Gasteiger partial charge in [-0.1, -0.05) is 41.9 Å². The Morgan fingerprint density at radius 1 is 1.38 bits per heavy atom. The van der Waals surface area contributed by atoms with Crippen molar-refractivity contribution in [1.29, 1.82) is 5.26 Å². The fourth-order valence-corrected chi connectivity index (χ4v) is 4.34. The van der Waals surface area contributed by atoms with Gasteiger partial charge in [0.05, 0.1) is 21.5 Å². The molecule has 26 heavy (non-hydrogen) atoms. The van der Waals surface area contributed by atoms with Crippen molar-refractivity contribution in [2.45, 2.75) is 42.9 Å². The minimum atomic E-state index is -0.374. The lowest BCUT2D eigenvalue weighted by atomic mass is 10.2. The SMILES string of the molecule is CCC(Sc1nc2c(cc1C#N)CCC2)C(=O)Nc1ccc(Cl)cc1Cl. The molecule has 1 unspecified atom stereocenters. The van der Waals surface area contributed by atoms with Gasteiger partial charge >= 0.3 is 0 Å². The van der Waals surface area contributed by atoms with E-state index in [4.69, 9.17) is 23.2 Å². The minimum absolute atomic E-state index is 0.173. The summed E-state index contributed by atoms with van der Waals surface area (Å²) in [7, 11) is 0. The topological polar surface area (TPSA) is 65.8 Å². The number of nitrogens with zero attached hydrogens (tertiary/aromatic N) is 2. The van der Waals surface area contributed by atoms with Gasteiger partial charge in [0.2, 0.25) is 5.91 Å². The van der Waals surface area contributed by atoms with Crippen molar-refractivity contribution < 1.29 is 4.79 Å². The molecule has 0 fully saturated rings. The van der Waals surface area contributed by atoms with Crippen LogP contribution in [0, 0.1) is 11.3 Å². The number of rotatable bonds is 5. The van der Waals surface area contributed by atoms with Crippen molar-refractivity contribution in [3.63, 3.8) is 0 Å². The number of hydrogen-bond donors (Lipinski definition) is 1. The maximum absolute atomic E-state index is 12.7. The van der Waals surface area contributed by atoms with Crippen LogP contribution in [0.4, 0.5) is 5.69 Å². The highest BCUT2D eigenvalue weighted by atomic mass is 35.5. The third-order valence-corrected chi connectivity index (χ3v) is 6.16. The number of aryl methyl sites for hydroxylation is 2. The number of halogens is 2. The maximum Gasteiger partial charge on any atom is 0.237 e. The molecular weight excluding hydrogens is 389 g/mol. The highest BCUT2D eigenvalue weighted by Crippen LogP contribution is 2.32. The first-order valence-electron chi connectivity index (χ1n) is 8.37. The van der Waals surface area contributed by atoms with Gasteiger partial charge in [-0.2, -0.15) is 5.26 Å². The molecule has 4 nitrogen and oxygen atoms in total. The highest BCUT2D eigenvalue weighted by Gasteiger charge is 2.23. The number of aromatic nitrogens is 1. The number of anilines is 1. The van der Waals surface area contributed by atoms with Crippen LogP contribution in [0.15, 0.2) is 29.3 Å². The molecule has 7 heteroatoms. The van der Waals surface area contributed by atoms with Crippen molar-refractivity contribution in [2.24, 2.45) is 0 Å². The van der Waals surface area contributed by atoms with Crippen LogP contribution >= 0.6 is 35.0 Å². The predicted molar refractivity (Wildman–Crippen MR) is 106 cm³/mol. The number of thioether (sulfide) groups is 1. The van der Waals surface area contributed by atoms with Gasteiger partial charge in [-0.15, -0.1) is 0 Å². The summed E-state index contributed by atoms with van der Waals surface area (Å²) in [6.07, 6.45) is 3.56. The van der Waals surface area contributed by atoms with E-state index in [-0.39, 0.29) is 11.2 Å². The van der Waals surface area contributed by atoms with Gasteiger partial charge in [0.25, 0.3) is 0 Å². The molecule has 0 saturated carbocycles. The minimum Gasteiger partial charge on any atom is -0.324 e. The summed E-state index contributed by atoms with van der Waals surface area (Å²) in [5.74, 6) is -0.173. The second-order valence-corrected chi connectivity index (χ2v) is 8.08. The number of nitriles is 1. The zero-order valence-electron chi connectivity index (χ0n) is 14.2. The second kappa shape index (κ2) is 8.30. The van der Waals surface area contributed by atoms with E-state index in [9.17, 15) is 10.1 Å². The monoisotopic (exact) mass is 405 g/mol. The summed E-state index contributed by atoms with van der Waals surface area (Å²) >= 11 is 13.3. The fourth-order valence-electron chi connectivity index (χ4n) is 2.88. The molecule has 0 radical (unpaired) electrons. The Kier molecular flexibility index (Phi) is 6.08. The lowest BCUT2D eigenvalue weighted by Gasteiger charge is -2.16. The predicted octanol–water partition coefficient (Wildman–Crippen LogP) is 5.26. The third-order valence-electron chi connectivity index (χ3n) is 4.24. The van der Waals surface area contributed by atoms with E-state index in [1.54, 1.807) is 18.2 Å². The smallest absolute Gasteiger partial charge is 0.237 e. The maximum atomic E-state index is 12.7. The molecule has 1 atom stereocenters. The van der Waals surface area contributed by atoms with Gasteiger partial charge in [0, 0.05) is 10.7 Å². The number of fused-ring (bicyclic) bond motifs is 1. The van der Waals surface area contributed by atoms with Gasteiger partial charge in [-0.05, 0) is 55.5 Å². The number of pyridine rings is 1. The molecule has 0 aliphatic heterocycles. The van der Waals surface area contributed by atoms with Crippen LogP contribution in [0.5, 0.6) is 0 Å². The Morgan fingerprint density at radius 3 is 2.88 bits per heavy atom. The van der Waals surface area contributed by atoms with Crippen molar-refractivity contribution in [2.75, 3.05) is 5.32 Å². The molecule has 3 rings (SSSR count). The Balaban J connectivity index is 1.79. The van der Waals surface area contributed by atoms with Gasteiger partial charge in [0.15, 0.2) is 0 Å². The van der Waals surface area contributed by atoms with Gasteiger partial charge in [0.1, 0.15) is 11.1 Å². The van der Waals surface area contributed by atoms with E-state index in [1.165, 1.54) is 11.8 Å². The van der Waals surface area contributed by atoms with E-state index in [0.29, 0.717) is 32.7 Å². The highest BCUT2D eigenvalue weighted by molar-refractivity contribution is 8.00. The van der Waals surface area contributed by atoms with E-state index in [0.717, 1.165) is 30.5 Å². The quantitative estimate of drug-likeness (QED) is 0.688. The molecule has 1 aliphatic carbocycles. The van der Waals surface area contributed by atoms with Crippen molar-refractivity contribution in [3.8, 4) is 6.07 Å². The zero-order chi connectivity index (χ0) is 18.7. The van der Waals surface area contributed by atoms with Crippen molar-refractivity contribution in [1.82, 2.24) is 4.98 Å². The molecule has 1 N–H and O–H groups in total. The normalized spacial score (nSPS) is 13.8. The number of benzene rings is 1. The molecule has 1 heterocycles. The van der Waals surface area contributed by atoms with Crippen molar-refractivity contribution in [3.05, 3.63) is 51.1 Å².